The number of aryl methyl sites for hydroxylation is 3. The molecule has 2 aromatic rings. The third-order valence-electron chi connectivity index (χ3n) is 2.50. The number of hydrogen-bond acceptors (Lipinski definition) is 4. The molecule has 0 radical (unpaired) electrons. The zero-order valence-electron chi connectivity index (χ0n) is 9.84. The Morgan fingerprint density at radius 3 is 2.59 bits per heavy atom. The highest BCUT2D eigenvalue weighted by Gasteiger charge is 2.21. The molecule has 0 unspecified atom stereocenters. The van der Waals surface area contributed by atoms with Crippen molar-refractivity contribution in [2.75, 3.05) is 0 Å². The fourth-order valence-electron chi connectivity index (χ4n) is 1.76. The number of nitro groups is 1. The lowest BCUT2D eigenvalue weighted by atomic mass is 10.2. The van der Waals surface area contributed by atoms with E-state index >= 15 is 0 Å². The van der Waals surface area contributed by atoms with Crippen molar-refractivity contribution >= 4 is 5.69 Å². The molecule has 17 heavy (non-hydrogen) atoms. The molecule has 0 fully saturated rings. The van der Waals surface area contributed by atoms with Gasteiger partial charge in [-0.05, 0) is 32.9 Å². The van der Waals surface area contributed by atoms with Gasteiger partial charge in [0.25, 0.3) is 0 Å². The van der Waals surface area contributed by atoms with Gasteiger partial charge in [-0.3, -0.25) is 10.1 Å². The molecule has 0 aliphatic heterocycles. The molecule has 0 atom stereocenters. The van der Waals surface area contributed by atoms with E-state index in [4.69, 9.17) is 0 Å². The van der Waals surface area contributed by atoms with Gasteiger partial charge in [-0.15, -0.1) is 0 Å². The summed E-state index contributed by atoms with van der Waals surface area (Å²) in [5.74, 6) is 0.264. The Kier molecular flexibility index (Phi) is 2.63. The van der Waals surface area contributed by atoms with Crippen LogP contribution in [0.4, 0.5) is 5.69 Å². The maximum atomic E-state index is 11.1. The minimum atomic E-state index is -0.423. The van der Waals surface area contributed by atoms with Gasteiger partial charge < -0.3 is 0 Å². The van der Waals surface area contributed by atoms with Crippen LogP contribution in [0.2, 0.25) is 0 Å². The Morgan fingerprint density at radius 2 is 2.06 bits per heavy atom. The summed E-state index contributed by atoms with van der Waals surface area (Å²) in [6, 6.07) is 3.47. The summed E-state index contributed by atoms with van der Waals surface area (Å²) in [7, 11) is 0. The molecule has 0 saturated heterocycles. The van der Waals surface area contributed by atoms with Gasteiger partial charge in [0.05, 0.1) is 10.6 Å². The van der Waals surface area contributed by atoms with Gasteiger partial charge in [-0.1, -0.05) is 0 Å². The van der Waals surface area contributed by atoms with Crippen LogP contribution in [0, 0.1) is 30.9 Å². The third kappa shape index (κ3) is 1.89. The molecule has 0 saturated carbocycles. The number of nitrogens with zero attached hydrogens (tertiary/aromatic N) is 4. The third-order valence-corrected chi connectivity index (χ3v) is 2.50. The van der Waals surface area contributed by atoms with Crippen molar-refractivity contribution < 1.29 is 4.92 Å². The van der Waals surface area contributed by atoms with E-state index < -0.39 is 4.92 Å². The molecule has 0 amide bonds. The standard InChI is InChI=1S/C11H12N4O2/c1-7-4-5-12-11(10(7)15(16)17)14-9(3)6-8(2)13-14/h4-6H,1-3H3. The van der Waals surface area contributed by atoms with Crippen molar-refractivity contribution in [2.24, 2.45) is 0 Å². The summed E-state index contributed by atoms with van der Waals surface area (Å²) >= 11 is 0. The second-order valence-corrected chi connectivity index (χ2v) is 3.90. The van der Waals surface area contributed by atoms with Crippen molar-refractivity contribution in [3.63, 3.8) is 0 Å². The lowest BCUT2D eigenvalue weighted by molar-refractivity contribution is -0.385. The van der Waals surface area contributed by atoms with E-state index in [0.29, 0.717) is 5.56 Å². The largest absolute Gasteiger partial charge is 0.316 e. The van der Waals surface area contributed by atoms with Crippen LogP contribution in [-0.2, 0) is 0 Å². The first-order valence-electron chi connectivity index (χ1n) is 5.14. The monoisotopic (exact) mass is 232 g/mol. The summed E-state index contributed by atoms with van der Waals surface area (Å²) in [6.07, 6.45) is 1.55. The predicted molar refractivity (Wildman–Crippen MR) is 62.2 cm³/mol. The van der Waals surface area contributed by atoms with Gasteiger partial charge in [0.1, 0.15) is 0 Å². The predicted octanol–water partition coefficient (Wildman–Crippen LogP) is 2.10. The number of hydrogen-bond donors (Lipinski definition) is 0. The van der Waals surface area contributed by atoms with Gasteiger partial charge in [-0.25, -0.2) is 9.67 Å². The molecule has 88 valence electrons. The zero-order chi connectivity index (χ0) is 12.6. The number of rotatable bonds is 2. The molecule has 2 heterocycles. The minimum Gasteiger partial charge on any atom is -0.258 e. The molecule has 0 aromatic carbocycles. The van der Waals surface area contributed by atoms with E-state index in [1.54, 1.807) is 19.2 Å². The summed E-state index contributed by atoms with van der Waals surface area (Å²) < 4.78 is 1.50. The fraction of sp³-hybridized carbons (Fsp3) is 0.273. The Morgan fingerprint density at radius 1 is 1.35 bits per heavy atom. The topological polar surface area (TPSA) is 73.8 Å². The van der Waals surface area contributed by atoms with Crippen molar-refractivity contribution in [1.29, 1.82) is 0 Å². The van der Waals surface area contributed by atoms with Crippen LogP contribution < -0.4 is 0 Å². The number of pyridine rings is 1. The van der Waals surface area contributed by atoms with E-state index in [9.17, 15) is 10.1 Å². The smallest absolute Gasteiger partial charge is 0.258 e. The molecular formula is C11H12N4O2. The van der Waals surface area contributed by atoms with Crippen LogP contribution in [0.5, 0.6) is 0 Å². The Balaban J connectivity index is 2.71. The highest BCUT2D eigenvalue weighted by molar-refractivity contribution is 5.52. The minimum absolute atomic E-state index is 0.00120. The molecular weight excluding hydrogens is 220 g/mol. The molecule has 0 spiro atoms. The highest BCUT2D eigenvalue weighted by Crippen LogP contribution is 2.25. The van der Waals surface area contributed by atoms with E-state index in [1.165, 1.54) is 4.68 Å². The maximum absolute atomic E-state index is 11.1. The quantitative estimate of drug-likeness (QED) is 0.587. The Hall–Kier alpha value is -2.24. The molecule has 0 aliphatic carbocycles. The van der Waals surface area contributed by atoms with Crippen molar-refractivity contribution in [1.82, 2.24) is 14.8 Å². The lowest BCUT2D eigenvalue weighted by Crippen LogP contribution is -2.07. The summed E-state index contributed by atoms with van der Waals surface area (Å²) in [5.41, 5.74) is 2.20. The average Bonchev–Trinajstić information content (AvgIpc) is 2.56. The first-order chi connectivity index (χ1) is 8.00. The van der Waals surface area contributed by atoms with Crippen LogP contribution in [0.3, 0.4) is 0 Å². The first-order valence-corrected chi connectivity index (χ1v) is 5.14. The molecule has 0 N–H and O–H groups in total. The van der Waals surface area contributed by atoms with Crippen LogP contribution in [0.1, 0.15) is 17.0 Å². The molecule has 6 heteroatoms. The van der Waals surface area contributed by atoms with E-state index in [2.05, 4.69) is 10.1 Å². The molecule has 0 bridgehead atoms. The fourth-order valence-corrected chi connectivity index (χ4v) is 1.76. The first kappa shape index (κ1) is 11.3. The van der Waals surface area contributed by atoms with E-state index in [0.717, 1.165) is 11.4 Å². The van der Waals surface area contributed by atoms with Gasteiger partial charge >= 0.3 is 5.69 Å². The molecule has 2 rings (SSSR count). The highest BCUT2D eigenvalue weighted by atomic mass is 16.6. The molecule has 2 aromatic heterocycles. The average molecular weight is 232 g/mol. The zero-order valence-corrected chi connectivity index (χ0v) is 9.84. The molecule has 6 nitrogen and oxygen atoms in total. The van der Waals surface area contributed by atoms with Gasteiger partial charge in [0.2, 0.25) is 5.82 Å². The normalized spacial score (nSPS) is 10.5. The van der Waals surface area contributed by atoms with Crippen LogP contribution in [0.15, 0.2) is 18.3 Å². The molecule has 0 aliphatic rings. The maximum Gasteiger partial charge on any atom is 0.316 e. The van der Waals surface area contributed by atoms with Crippen molar-refractivity contribution in [2.45, 2.75) is 20.8 Å². The SMILES string of the molecule is Cc1cc(C)n(-c2nccc(C)c2[N+](=O)[O-])n1. The van der Waals surface area contributed by atoms with Crippen LogP contribution in [0.25, 0.3) is 5.82 Å². The van der Waals surface area contributed by atoms with Crippen LogP contribution >= 0.6 is 0 Å². The van der Waals surface area contributed by atoms with Gasteiger partial charge in [-0.2, -0.15) is 5.10 Å². The second kappa shape index (κ2) is 3.97. The number of aromatic nitrogens is 3. The summed E-state index contributed by atoms with van der Waals surface area (Å²) in [5, 5.41) is 15.3. The van der Waals surface area contributed by atoms with Crippen molar-refractivity contribution in [3.05, 3.63) is 45.4 Å². The van der Waals surface area contributed by atoms with Crippen LogP contribution in [-0.4, -0.2) is 19.7 Å². The van der Waals surface area contributed by atoms with E-state index in [1.807, 2.05) is 19.9 Å². The summed E-state index contributed by atoms with van der Waals surface area (Å²) in [6.45, 7) is 5.37. The van der Waals surface area contributed by atoms with E-state index in [-0.39, 0.29) is 11.5 Å². The van der Waals surface area contributed by atoms with Gasteiger partial charge in [0.15, 0.2) is 0 Å². The van der Waals surface area contributed by atoms with Crippen molar-refractivity contribution in [3.8, 4) is 5.82 Å². The Bertz CT molecular complexity index is 589. The summed E-state index contributed by atoms with van der Waals surface area (Å²) in [4.78, 5) is 14.7. The lowest BCUT2D eigenvalue weighted by Gasteiger charge is -2.05. The second-order valence-electron chi connectivity index (χ2n) is 3.90. The Labute approximate surface area is 98.1 Å². The van der Waals surface area contributed by atoms with Gasteiger partial charge in [0, 0.05) is 17.5 Å².